The third kappa shape index (κ3) is 7.84. The Hall–Kier alpha value is -2.96. The van der Waals surface area contributed by atoms with Crippen LogP contribution in [0.25, 0.3) is 0 Å². The van der Waals surface area contributed by atoms with E-state index in [2.05, 4.69) is 72.4 Å². The highest BCUT2D eigenvalue weighted by molar-refractivity contribution is 5.91. The Kier molecular flexibility index (Phi) is 8.42. The van der Waals surface area contributed by atoms with E-state index in [9.17, 15) is 4.79 Å². The van der Waals surface area contributed by atoms with Crippen molar-refractivity contribution in [3.8, 4) is 0 Å². The second-order valence-electron chi connectivity index (χ2n) is 9.76. The Bertz CT molecular complexity index is 1000. The fourth-order valence-electron chi connectivity index (χ4n) is 3.54. The lowest BCUT2D eigenvalue weighted by atomic mass is 9.87. The highest BCUT2D eigenvalue weighted by Crippen LogP contribution is 2.23. The van der Waals surface area contributed by atoms with Crippen LogP contribution in [0.15, 0.2) is 65.3 Å². The topological polar surface area (TPSA) is 61.6 Å². The minimum atomic E-state index is -0.209. The molecule has 0 saturated heterocycles. The molecule has 1 N–H and O–H groups in total. The molecule has 6 nitrogen and oxygen atoms in total. The fraction of sp³-hybridized carbons (Fsp3) is 0.407. The van der Waals surface area contributed by atoms with Gasteiger partial charge in [0.2, 0.25) is 5.89 Å². The second kappa shape index (κ2) is 11.3. The summed E-state index contributed by atoms with van der Waals surface area (Å²) in [7, 11) is 3.94. The molecular formula is C27H36N4O2. The van der Waals surface area contributed by atoms with Gasteiger partial charge in [0, 0.05) is 26.2 Å². The van der Waals surface area contributed by atoms with Crippen LogP contribution < -0.4 is 5.32 Å². The van der Waals surface area contributed by atoms with Gasteiger partial charge in [0.15, 0.2) is 5.69 Å². The number of amides is 1. The molecule has 1 amide bonds. The number of benzene rings is 2. The van der Waals surface area contributed by atoms with Crippen LogP contribution >= 0.6 is 0 Å². The van der Waals surface area contributed by atoms with Crippen LogP contribution in [0, 0.1) is 0 Å². The summed E-state index contributed by atoms with van der Waals surface area (Å²) in [6.07, 6.45) is 1.44. The number of carbonyl (C=O) groups excluding carboxylic acids is 1. The SMILES string of the molecule is CN(C)CCNC(=O)c1coc(CN(Cc2ccccc2)Cc2ccc(C(C)(C)C)cc2)n1. The lowest BCUT2D eigenvalue weighted by molar-refractivity contribution is 0.0946. The molecule has 1 heterocycles. The molecule has 3 rings (SSSR count). The summed E-state index contributed by atoms with van der Waals surface area (Å²) in [5, 5.41) is 2.88. The Morgan fingerprint density at radius 1 is 0.939 bits per heavy atom. The maximum absolute atomic E-state index is 12.4. The molecule has 0 spiro atoms. The van der Waals surface area contributed by atoms with E-state index in [4.69, 9.17) is 4.42 Å². The number of oxazole rings is 1. The molecule has 2 aromatic carbocycles. The average Bonchev–Trinajstić information content (AvgIpc) is 3.22. The maximum Gasteiger partial charge on any atom is 0.273 e. The van der Waals surface area contributed by atoms with E-state index in [1.165, 1.54) is 23.0 Å². The van der Waals surface area contributed by atoms with Crippen LogP contribution in [0.2, 0.25) is 0 Å². The molecule has 0 unspecified atom stereocenters. The molecule has 1 aromatic heterocycles. The highest BCUT2D eigenvalue weighted by Gasteiger charge is 2.17. The monoisotopic (exact) mass is 448 g/mol. The number of nitrogens with one attached hydrogen (secondary N) is 1. The number of likely N-dealkylation sites (N-methyl/N-ethyl adjacent to an activating group) is 1. The van der Waals surface area contributed by atoms with E-state index in [-0.39, 0.29) is 11.3 Å². The Balaban J connectivity index is 1.70. The van der Waals surface area contributed by atoms with Gasteiger partial charge < -0.3 is 14.6 Å². The number of hydrogen-bond acceptors (Lipinski definition) is 5. The number of nitrogens with zero attached hydrogens (tertiary/aromatic N) is 3. The molecule has 0 radical (unpaired) electrons. The van der Waals surface area contributed by atoms with Crippen molar-refractivity contribution in [2.45, 2.75) is 45.8 Å². The summed E-state index contributed by atoms with van der Waals surface area (Å²) in [5.41, 5.74) is 4.21. The highest BCUT2D eigenvalue weighted by atomic mass is 16.3. The summed E-state index contributed by atoms with van der Waals surface area (Å²) >= 11 is 0. The van der Waals surface area contributed by atoms with Gasteiger partial charge in [-0.15, -0.1) is 0 Å². The first-order chi connectivity index (χ1) is 15.7. The second-order valence-corrected chi connectivity index (χ2v) is 9.76. The molecule has 3 aromatic rings. The van der Waals surface area contributed by atoms with Crippen molar-refractivity contribution in [1.82, 2.24) is 20.1 Å². The normalized spacial score (nSPS) is 11.8. The molecule has 6 heteroatoms. The average molecular weight is 449 g/mol. The lowest BCUT2D eigenvalue weighted by Gasteiger charge is -2.23. The first-order valence-electron chi connectivity index (χ1n) is 11.4. The Morgan fingerprint density at radius 2 is 1.58 bits per heavy atom. The molecule has 0 aliphatic carbocycles. The summed E-state index contributed by atoms with van der Waals surface area (Å²) in [5.74, 6) is 0.328. The maximum atomic E-state index is 12.4. The molecule has 0 bridgehead atoms. The molecule has 0 fully saturated rings. The number of carbonyl (C=O) groups is 1. The zero-order valence-corrected chi connectivity index (χ0v) is 20.5. The summed E-state index contributed by atoms with van der Waals surface area (Å²) in [6, 6.07) is 19.2. The molecule has 0 aliphatic heterocycles. The van der Waals surface area contributed by atoms with Crippen molar-refractivity contribution < 1.29 is 9.21 Å². The van der Waals surface area contributed by atoms with Crippen molar-refractivity contribution in [3.63, 3.8) is 0 Å². The van der Waals surface area contributed by atoms with Crippen molar-refractivity contribution in [2.24, 2.45) is 0 Å². The molecule has 0 saturated carbocycles. The first-order valence-corrected chi connectivity index (χ1v) is 11.4. The van der Waals surface area contributed by atoms with Crippen molar-refractivity contribution in [3.05, 3.63) is 89.1 Å². The number of hydrogen-bond donors (Lipinski definition) is 1. The molecule has 0 atom stereocenters. The predicted molar refractivity (Wildman–Crippen MR) is 132 cm³/mol. The van der Waals surface area contributed by atoms with E-state index in [0.29, 0.717) is 24.7 Å². The van der Waals surface area contributed by atoms with Crippen LogP contribution in [0.3, 0.4) is 0 Å². The smallest absolute Gasteiger partial charge is 0.273 e. The summed E-state index contributed by atoms with van der Waals surface area (Å²) in [4.78, 5) is 21.1. The van der Waals surface area contributed by atoms with Crippen molar-refractivity contribution in [1.29, 1.82) is 0 Å². The van der Waals surface area contributed by atoms with E-state index in [1.807, 2.05) is 37.2 Å². The number of rotatable bonds is 10. The van der Waals surface area contributed by atoms with Gasteiger partial charge in [-0.3, -0.25) is 9.69 Å². The lowest BCUT2D eigenvalue weighted by Crippen LogP contribution is -2.31. The van der Waals surface area contributed by atoms with Gasteiger partial charge >= 0.3 is 0 Å². The van der Waals surface area contributed by atoms with Gasteiger partial charge in [-0.25, -0.2) is 4.98 Å². The van der Waals surface area contributed by atoms with Crippen LogP contribution in [0.4, 0.5) is 0 Å². The van der Waals surface area contributed by atoms with Gasteiger partial charge in [-0.1, -0.05) is 75.4 Å². The summed E-state index contributed by atoms with van der Waals surface area (Å²) < 4.78 is 5.66. The van der Waals surface area contributed by atoms with E-state index < -0.39 is 0 Å². The largest absolute Gasteiger partial charge is 0.447 e. The number of aromatic nitrogens is 1. The van der Waals surface area contributed by atoms with E-state index in [1.54, 1.807) is 0 Å². The molecule has 176 valence electrons. The van der Waals surface area contributed by atoms with Gasteiger partial charge in [0.1, 0.15) is 6.26 Å². The first kappa shape index (κ1) is 24.7. The molecular weight excluding hydrogens is 412 g/mol. The molecule has 0 aliphatic rings. The zero-order valence-electron chi connectivity index (χ0n) is 20.5. The van der Waals surface area contributed by atoms with Crippen LogP contribution in [0.1, 0.15) is 53.8 Å². The Labute approximate surface area is 197 Å². The van der Waals surface area contributed by atoms with Gasteiger partial charge in [-0.2, -0.15) is 0 Å². The Morgan fingerprint density at radius 3 is 2.18 bits per heavy atom. The van der Waals surface area contributed by atoms with Gasteiger partial charge in [0.25, 0.3) is 5.91 Å². The summed E-state index contributed by atoms with van der Waals surface area (Å²) in [6.45, 7) is 10.0. The van der Waals surface area contributed by atoms with Crippen LogP contribution in [-0.2, 0) is 25.0 Å². The van der Waals surface area contributed by atoms with Crippen molar-refractivity contribution in [2.75, 3.05) is 27.2 Å². The van der Waals surface area contributed by atoms with Gasteiger partial charge in [0.05, 0.1) is 6.54 Å². The third-order valence-corrected chi connectivity index (χ3v) is 5.46. The minimum Gasteiger partial charge on any atom is -0.447 e. The predicted octanol–water partition coefficient (Wildman–Crippen LogP) is 4.47. The quantitative estimate of drug-likeness (QED) is 0.496. The third-order valence-electron chi connectivity index (χ3n) is 5.46. The van der Waals surface area contributed by atoms with E-state index in [0.717, 1.165) is 19.6 Å². The van der Waals surface area contributed by atoms with Crippen LogP contribution in [-0.4, -0.2) is 47.9 Å². The molecule has 33 heavy (non-hydrogen) atoms. The van der Waals surface area contributed by atoms with Crippen molar-refractivity contribution >= 4 is 5.91 Å². The van der Waals surface area contributed by atoms with Crippen LogP contribution in [0.5, 0.6) is 0 Å². The zero-order chi connectivity index (χ0) is 23.8. The standard InChI is InChI=1S/C27H36N4O2/c1-27(2,3)23-13-11-22(12-14-23)18-31(17-21-9-7-6-8-10-21)19-25-29-24(20-33-25)26(32)28-15-16-30(4)5/h6-14,20H,15-19H2,1-5H3,(H,28,32). The van der Waals surface area contributed by atoms with Gasteiger partial charge in [-0.05, 0) is 36.2 Å². The fourth-order valence-corrected chi connectivity index (χ4v) is 3.54. The van der Waals surface area contributed by atoms with E-state index >= 15 is 0 Å². The minimum absolute atomic E-state index is 0.129.